The van der Waals surface area contributed by atoms with Gasteiger partial charge in [0.15, 0.2) is 15.4 Å². The van der Waals surface area contributed by atoms with E-state index in [0.29, 0.717) is 44.6 Å². The molecule has 0 saturated carbocycles. The van der Waals surface area contributed by atoms with Crippen molar-refractivity contribution in [3.63, 3.8) is 0 Å². The van der Waals surface area contributed by atoms with Crippen LogP contribution in [0.15, 0.2) is 77.7 Å². The van der Waals surface area contributed by atoms with Crippen LogP contribution in [0.4, 0.5) is 20.3 Å². The van der Waals surface area contributed by atoms with Crippen LogP contribution in [-0.2, 0) is 31.5 Å². The van der Waals surface area contributed by atoms with Crippen molar-refractivity contribution >= 4 is 48.2 Å². The second-order valence-electron chi connectivity index (χ2n) is 9.74. The Labute approximate surface area is 250 Å². The van der Waals surface area contributed by atoms with Gasteiger partial charge in [-0.1, -0.05) is 19.1 Å². The smallest absolute Gasteiger partial charge is 0.163 e. The monoisotopic (exact) mass is 659 g/mol. The van der Waals surface area contributed by atoms with Crippen molar-refractivity contribution in [1.29, 1.82) is 0 Å². The van der Waals surface area contributed by atoms with Gasteiger partial charge in [-0.15, -0.1) is 0 Å². The molecule has 0 fully saturated rings. The van der Waals surface area contributed by atoms with Gasteiger partial charge >= 0.3 is 0 Å². The number of benzene rings is 3. The van der Waals surface area contributed by atoms with E-state index < -0.39 is 21.3 Å². The molecular formula is C30H28BrF2N3O5S. The standard InChI is InChI=1S/C30H28BrF2N3O5S/c1-2-42(37,38)12-11-39-18-30(9-4-10-41-30)24-15-23-27(16-26(24)33)34-19-35-29(23)36-22-7-8-28(25(31)14-22)40-17-20-5-3-6-21(32)13-20/h3-8,10,13-16,19H,2,9,11-12,17-18H2,1H3,(H,34,35,36). The summed E-state index contributed by atoms with van der Waals surface area (Å²) in [5, 5.41) is 3.81. The van der Waals surface area contributed by atoms with E-state index in [1.807, 2.05) is 6.07 Å². The number of nitrogens with one attached hydrogen (secondary N) is 1. The Balaban J connectivity index is 1.36. The molecule has 0 amide bonds. The number of nitrogens with zero attached hydrogens (tertiary/aromatic N) is 2. The minimum Gasteiger partial charge on any atom is -0.488 e. The van der Waals surface area contributed by atoms with Crippen LogP contribution in [0.2, 0.25) is 0 Å². The van der Waals surface area contributed by atoms with E-state index >= 15 is 4.39 Å². The van der Waals surface area contributed by atoms with Gasteiger partial charge in [0.1, 0.15) is 36.1 Å². The first kappa shape index (κ1) is 29.9. The summed E-state index contributed by atoms with van der Waals surface area (Å²) >= 11 is 3.52. The lowest BCUT2D eigenvalue weighted by molar-refractivity contribution is -0.0439. The zero-order valence-corrected chi connectivity index (χ0v) is 25.1. The number of hydrogen-bond donors (Lipinski definition) is 1. The van der Waals surface area contributed by atoms with Crippen molar-refractivity contribution < 1.29 is 31.4 Å². The molecule has 2 heterocycles. The number of rotatable bonds is 12. The molecule has 0 aliphatic carbocycles. The molecule has 0 radical (unpaired) electrons. The molecule has 0 bridgehead atoms. The molecule has 42 heavy (non-hydrogen) atoms. The van der Waals surface area contributed by atoms with Crippen molar-refractivity contribution in [2.45, 2.75) is 25.6 Å². The highest BCUT2D eigenvalue weighted by molar-refractivity contribution is 9.10. The van der Waals surface area contributed by atoms with Gasteiger partial charge in [-0.3, -0.25) is 0 Å². The molecule has 1 atom stereocenters. The first-order chi connectivity index (χ1) is 20.2. The number of halogens is 3. The van der Waals surface area contributed by atoms with Crippen LogP contribution in [0, 0.1) is 11.6 Å². The van der Waals surface area contributed by atoms with Crippen molar-refractivity contribution in [2.24, 2.45) is 0 Å². The van der Waals surface area contributed by atoms with E-state index in [0.717, 1.165) is 0 Å². The molecule has 4 aromatic rings. The van der Waals surface area contributed by atoms with Crippen LogP contribution < -0.4 is 10.1 Å². The second-order valence-corrected chi connectivity index (χ2v) is 13.1. The van der Waals surface area contributed by atoms with Crippen LogP contribution in [0.25, 0.3) is 10.9 Å². The Morgan fingerprint density at radius 3 is 2.71 bits per heavy atom. The molecule has 8 nitrogen and oxygen atoms in total. The summed E-state index contributed by atoms with van der Waals surface area (Å²) in [4.78, 5) is 8.63. The number of sulfone groups is 1. The number of anilines is 2. The lowest BCUT2D eigenvalue weighted by atomic mass is 9.90. The van der Waals surface area contributed by atoms with E-state index in [1.54, 1.807) is 43.3 Å². The Bertz CT molecular complexity index is 1730. The predicted molar refractivity (Wildman–Crippen MR) is 159 cm³/mol. The van der Waals surface area contributed by atoms with Crippen LogP contribution in [0.5, 0.6) is 5.75 Å². The summed E-state index contributed by atoms with van der Waals surface area (Å²) in [6.07, 6.45) is 4.95. The first-order valence-electron chi connectivity index (χ1n) is 13.2. The van der Waals surface area contributed by atoms with Gasteiger partial charge in [-0.2, -0.15) is 0 Å². The zero-order valence-electron chi connectivity index (χ0n) is 22.6. The fraction of sp³-hybridized carbons (Fsp3) is 0.267. The molecule has 1 aromatic heterocycles. The highest BCUT2D eigenvalue weighted by Crippen LogP contribution is 2.39. The zero-order chi connectivity index (χ0) is 29.7. The normalized spacial score (nSPS) is 16.5. The maximum atomic E-state index is 15.5. The third-order valence-electron chi connectivity index (χ3n) is 6.84. The molecule has 1 N–H and O–H groups in total. The van der Waals surface area contributed by atoms with Crippen LogP contribution >= 0.6 is 15.9 Å². The van der Waals surface area contributed by atoms with Gasteiger partial charge in [-0.05, 0) is 64.0 Å². The predicted octanol–water partition coefficient (Wildman–Crippen LogP) is 6.57. The minimum absolute atomic E-state index is 0.0237. The van der Waals surface area contributed by atoms with E-state index in [9.17, 15) is 12.8 Å². The molecule has 5 rings (SSSR count). The minimum atomic E-state index is -3.20. The Morgan fingerprint density at radius 1 is 1.12 bits per heavy atom. The fourth-order valence-corrected chi connectivity index (χ4v) is 5.68. The summed E-state index contributed by atoms with van der Waals surface area (Å²) in [6.45, 7) is 1.71. The lowest BCUT2D eigenvalue weighted by Crippen LogP contribution is -2.33. The summed E-state index contributed by atoms with van der Waals surface area (Å²) in [5.74, 6) is 0.0587. The van der Waals surface area contributed by atoms with Crippen molar-refractivity contribution in [3.05, 3.63) is 100 Å². The summed E-state index contributed by atoms with van der Waals surface area (Å²) in [7, 11) is -3.20. The van der Waals surface area contributed by atoms with Gasteiger partial charge in [-0.25, -0.2) is 27.2 Å². The number of ether oxygens (including phenoxy) is 3. The van der Waals surface area contributed by atoms with E-state index in [4.69, 9.17) is 14.2 Å². The van der Waals surface area contributed by atoms with Gasteiger partial charge in [0.05, 0.1) is 35.2 Å². The second kappa shape index (κ2) is 12.7. The highest BCUT2D eigenvalue weighted by atomic mass is 79.9. The van der Waals surface area contributed by atoms with E-state index in [1.165, 1.54) is 30.8 Å². The van der Waals surface area contributed by atoms with Gasteiger partial charge in [0, 0.05) is 34.9 Å². The third kappa shape index (κ3) is 6.88. The molecule has 1 aliphatic rings. The van der Waals surface area contributed by atoms with Gasteiger partial charge in [0.2, 0.25) is 0 Å². The van der Waals surface area contributed by atoms with Crippen LogP contribution in [0.1, 0.15) is 24.5 Å². The SMILES string of the molecule is CCS(=O)(=O)CCOCC1(c2cc3c(Nc4ccc(OCc5cccc(F)c5)c(Br)c4)ncnc3cc2F)CC=CO1. The van der Waals surface area contributed by atoms with Crippen molar-refractivity contribution in [2.75, 3.05) is 30.0 Å². The topological polar surface area (TPSA) is 99.6 Å². The summed E-state index contributed by atoms with van der Waals surface area (Å²) in [5.41, 5.74) is 0.859. The maximum Gasteiger partial charge on any atom is 0.163 e. The third-order valence-corrected chi connectivity index (χ3v) is 9.13. The quantitative estimate of drug-likeness (QED) is 0.170. The number of fused-ring (bicyclic) bond motifs is 1. The van der Waals surface area contributed by atoms with Crippen molar-refractivity contribution in [3.8, 4) is 5.75 Å². The summed E-state index contributed by atoms with van der Waals surface area (Å²) in [6, 6.07) is 14.5. The lowest BCUT2D eigenvalue weighted by Gasteiger charge is -2.29. The van der Waals surface area contributed by atoms with Gasteiger partial charge in [0.25, 0.3) is 0 Å². The molecule has 1 unspecified atom stereocenters. The number of aromatic nitrogens is 2. The van der Waals surface area contributed by atoms with Crippen LogP contribution in [0.3, 0.4) is 0 Å². The molecular weight excluding hydrogens is 632 g/mol. The van der Waals surface area contributed by atoms with E-state index in [-0.39, 0.29) is 42.7 Å². The molecule has 0 spiro atoms. The average Bonchev–Trinajstić information content (AvgIpc) is 3.44. The fourth-order valence-electron chi connectivity index (χ4n) is 4.52. The largest absolute Gasteiger partial charge is 0.488 e. The number of hydrogen-bond acceptors (Lipinski definition) is 8. The Kier molecular flexibility index (Phi) is 9.05. The average molecular weight is 661 g/mol. The maximum absolute atomic E-state index is 15.5. The Morgan fingerprint density at radius 2 is 1.98 bits per heavy atom. The molecule has 1 aliphatic heterocycles. The van der Waals surface area contributed by atoms with Crippen molar-refractivity contribution in [1.82, 2.24) is 9.97 Å². The molecule has 12 heteroatoms. The molecule has 0 saturated heterocycles. The van der Waals surface area contributed by atoms with E-state index in [2.05, 4.69) is 31.2 Å². The Hall–Kier alpha value is -3.61. The molecule has 220 valence electrons. The molecule has 3 aromatic carbocycles. The first-order valence-corrected chi connectivity index (χ1v) is 15.8. The summed E-state index contributed by atoms with van der Waals surface area (Å²) < 4.78 is 70.7. The van der Waals surface area contributed by atoms with Gasteiger partial charge < -0.3 is 19.5 Å². The van der Waals surface area contributed by atoms with Crippen LogP contribution in [-0.4, -0.2) is 43.1 Å². The highest BCUT2D eigenvalue weighted by Gasteiger charge is 2.39.